The number of methoxy groups -OCH3 is 1. The number of carbonyl (C=O) groups is 2. The van der Waals surface area contributed by atoms with E-state index in [0.717, 1.165) is 6.42 Å². The second kappa shape index (κ2) is 9.62. The van der Waals surface area contributed by atoms with E-state index in [1.165, 1.54) is 0 Å². The lowest BCUT2D eigenvalue weighted by Crippen LogP contribution is -2.43. The number of anilines is 1. The van der Waals surface area contributed by atoms with Crippen molar-refractivity contribution in [1.82, 2.24) is 5.32 Å². The summed E-state index contributed by atoms with van der Waals surface area (Å²) in [6.07, 6.45) is 1.76. The summed E-state index contributed by atoms with van der Waals surface area (Å²) in [5, 5.41) is 14.5. The van der Waals surface area contributed by atoms with E-state index >= 15 is 0 Å². The molecule has 0 spiro atoms. The number of carboxylic acids is 1. The molecule has 0 fully saturated rings. The van der Waals surface area contributed by atoms with Crippen LogP contribution < -0.4 is 21.1 Å². The highest BCUT2D eigenvalue weighted by molar-refractivity contribution is 5.86. The van der Waals surface area contributed by atoms with Crippen LogP contribution in [0.25, 0.3) is 0 Å². The molecule has 0 saturated carbocycles. The van der Waals surface area contributed by atoms with Gasteiger partial charge in [-0.25, -0.2) is 4.79 Å². The Morgan fingerprint density at radius 2 is 2.05 bits per heavy atom. The van der Waals surface area contributed by atoms with Gasteiger partial charge in [0.2, 0.25) is 5.91 Å². The van der Waals surface area contributed by atoms with Crippen LogP contribution in [0.1, 0.15) is 19.3 Å². The third kappa shape index (κ3) is 6.01. The lowest BCUT2D eigenvalue weighted by molar-refractivity contribution is -0.141. The highest BCUT2D eigenvalue weighted by Gasteiger charge is 2.19. The minimum Gasteiger partial charge on any atom is -0.495 e. The van der Waals surface area contributed by atoms with Crippen molar-refractivity contribution in [1.29, 1.82) is 0 Å². The third-order valence-corrected chi connectivity index (χ3v) is 3.13. The number of hydrogen-bond donors (Lipinski definition) is 4. The molecule has 0 heterocycles. The molecule has 7 heteroatoms. The van der Waals surface area contributed by atoms with Gasteiger partial charge in [-0.3, -0.25) is 4.79 Å². The van der Waals surface area contributed by atoms with Crippen LogP contribution in [0, 0.1) is 0 Å². The fourth-order valence-corrected chi connectivity index (χ4v) is 1.96. The van der Waals surface area contributed by atoms with Gasteiger partial charge >= 0.3 is 5.97 Å². The zero-order chi connectivity index (χ0) is 16.4. The first-order chi connectivity index (χ1) is 10.6. The fraction of sp³-hybridized carbons (Fsp3) is 0.467. The zero-order valence-corrected chi connectivity index (χ0v) is 12.7. The van der Waals surface area contributed by atoms with Crippen LogP contribution in [0.2, 0.25) is 0 Å². The minimum atomic E-state index is -1.04. The Morgan fingerprint density at radius 1 is 1.32 bits per heavy atom. The smallest absolute Gasteiger partial charge is 0.326 e. The summed E-state index contributed by atoms with van der Waals surface area (Å²) in [6, 6.07) is 6.30. The molecule has 22 heavy (non-hydrogen) atoms. The van der Waals surface area contributed by atoms with E-state index in [4.69, 9.17) is 15.6 Å². The maximum absolute atomic E-state index is 11.9. The molecule has 1 unspecified atom stereocenters. The number of unbranched alkanes of at least 4 members (excludes halogenated alkanes) is 1. The molecule has 1 aromatic rings. The Hall–Kier alpha value is -2.28. The second-order valence-corrected chi connectivity index (χ2v) is 4.80. The van der Waals surface area contributed by atoms with Crippen LogP contribution in [0.3, 0.4) is 0 Å². The predicted molar refractivity (Wildman–Crippen MR) is 84.0 cm³/mol. The number of nitrogens with two attached hydrogens (primary N) is 1. The number of amides is 1. The number of rotatable bonds is 10. The lowest BCUT2D eigenvalue weighted by Gasteiger charge is -2.15. The standard InChI is InChI=1S/C15H23N3O4/c1-22-13-8-3-2-6-11(13)17-10-14(19)18-12(15(20)21)7-4-5-9-16/h2-3,6,8,12,17H,4-5,7,9-10,16H2,1H3,(H,18,19)(H,20,21). The molecule has 0 aromatic heterocycles. The average molecular weight is 309 g/mol. The van der Waals surface area contributed by atoms with Crippen LogP contribution in [-0.2, 0) is 9.59 Å². The van der Waals surface area contributed by atoms with Gasteiger partial charge in [0.1, 0.15) is 11.8 Å². The van der Waals surface area contributed by atoms with Crippen molar-refractivity contribution in [3.63, 3.8) is 0 Å². The van der Waals surface area contributed by atoms with Crippen molar-refractivity contribution in [2.75, 3.05) is 25.5 Å². The Labute approximate surface area is 129 Å². The van der Waals surface area contributed by atoms with Crippen LogP contribution in [-0.4, -0.2) is 43.2 Å². The molecule has 0 bridgehead atoms. The van der Waals surface area contributed by atoms with Gasteiger partial charge in [-0.15, -0.1) is 0 Å². The van der Waals surface area contributed by atoms with E-state index in [9.17, 15) is 9.59 Å². The number of hydrogen-bond acceptors (Lipinski definition) is 5. The summed E-state index contributed by atoms with van der Waals surface area (Å²) < 4.78 is 5.16. The maximum Gasteiger partial charge on any atom is 0.326 e. The number of carbonyl (C=O) groups excluding carboxylic acids is 1. The number of aliphatic carboxylic acids is 1. The summed E-state index contributed by atoms with van der Waals surface area (Å²) in [6.45, 7) is 0.483. The number of benzene rings is 1. The summed E-state index contributed by atoms with van der Waals surface area (Å²) in [5.74, 6) is -0.804. The summed E-state index contributed by atoms with van der Waals surface area (Å²) in [7, 11) is 1.54. The SMILES string of the molecule is COc1ccccc1NCC(=O)NC(CCCCN)C(=O)O. The van der Waals surface area contributed by atoms with Gasteiger partial charge in [0.15, 0.2) is 0 Å². The first kappa shape index (κ1) is 17.8. The van der Waals surface area contributed by atoms with Crippen molar-refractivity contribution >= 4 is 17.6 Å². The van der Waals surface area contributed by atoms with E-state index < -0.39 is 12.0 Å². The van der Waals surface area contributed by atoms with Crippen LogP contribution >= 0.6 is 0 Å². The number of carboxylic acid groups (broad SMARTS) is 1. The van der Waals surface area contributed by atoms with E-state index in [-0.39, 0.29) is 12.5 Å². The van der Waals surface area contributed by atoms with E-state index in [1.807, 2.05) is 12.1 Å². The third-order valence-electron chi connectivity index (χ3n) is 3.13. The van der Waals surface area contributed by atoms with Gasteiger partial charge in [-0.2, -0.15) is 0 Å². The number of ether oxygens (including phenoxy) is 1. The van der Waals surface area contributed by atoms with Gasteiger partial charge in [-0.05, 0) is 37.9 Å². The normalized spacial score (nSPS) is 11.5. The molecule has 1 rings (SSSR count). The fourth-order valence-electron chi connectivity index (χ4n) is 1.96. The monoisotopic (exact) mass is 309 g/mol. The highest BCUT2D eigenvalue weighted by atomic mass is 16.5. The van der Waals surface area contributed by atoms with Gasteiger partial charge < -0.3 is 26.2 Å². The second-order valence-electron chi connectivity index (χ2n) is 4.80. The largest absolute Gasteiger partial charge is 0.495 e. The molecule has 0 radical (unpaired) electrons. The van der Waals surface area contributed by atoms with Crippen LogP contribution in [0.15, 0.2) is 24.3 Å². The molecule has 1 amide bonds. The molecule has 0 aliphatic carbocycles. The van der Waals surface area contributed by atoms with E-state index in [0.29, 0.717) is 30.8 Å². The Kier molecular flexibility index (Phi) is 7.77. The summed E-state index contributed by atoms with van der Waals surface area (Å²) >= 11 is 0. The summed E-state index contributed by atoms with van der Waals surface area (Å²) in [5.41, 5.74) is 6.05. The van der Waals surface area contributed by atoms with Crippen molar-refractivity contribution in [2.24, 2.45) is 5.73 Å². The van der Waals surface area contributed by atoms with Crippen molar-refractivity contribution in [2.45, 2.75) is 25.3 Å². The van der Waals surface area contributed by atoms with Gasteiger partial charge in [0.05, 0.1) is 19.3 Å². The minimum absolute atomic E-state index is 0.0267. The molecule has 122 valence electrons. The molecular formula is C15H23N3O4. The van der Waals surface area contributed by atoms with E-state index in [2.05, 4.69) is 10.6 Å². The van der Waals surface area contributed by atoms with Crippen molar-refractivity contribution in [3.05, 3.63) is 24.3 Å². The Morgan fingerprint density at radius 3 is 2.68 bits per heavy atom. The Bertz CT molecular complexity index is 493. The highest BCUT2D eigenvalue weighted by Crippen LogP contribution is 2.22. The lowest BCUT2D eigenvalue weighted by atomic mass is 10.1. The van der Waals surface area contributed by atoms with Crippen molar-refractivity contribution in [3.8, 4) is 5.75 Å². The molecule has 1 atom stereocenters. The molecule has 0 saturated heterocycles. The first-order valence-corrected chi connectivity index (χ1v) is 7.17. The average Bonchev–Trinajstić information content (AvgIpc) is 2.52. The predicted octanol–water partition coefficient (Wildman–Crippen LogP) is 0.805. The number of para-hydroxylation sites is 2. The zero-order valence-electron chi connectivity index (χ0n) is 12.7. The molecule has 1 aromatic carbocycles. The summed E-state index contributed by atoms with van der Waals surface area (Å²) in [4.78, 5) is 23.0. The van der Waals surface area contributed by atoms with Crippen LogP contribution in [0.5, 0.6) is 5.75 Å². The van der Waals surface area contributed by atoms with Gasteiger partial charge in [0, 0.05) is 0 Å². The number of nitrogens with one attached hydrogen (secondary N) is 2. The van der Waals surface area contributed by atoms with Crippen molar-refractivity contribution < 1.29 is 19.4 Å². The maximum atomic E-state index is 11.9. The van der Waals surface area contributed by atoms with Crippen LogP contribution in [0.4, 0.5) is 5.69 Å². The quantitative estimate of drug-likeness (QED) is 0.476. The molecule has 0 aliphatic rings. The van der Waals surface area contributed by atoms with Gasteiger partial charge in [0.25, 0.3) is 0 Å². The molecule has 5 N–H and O–H groups in total. The Balaban J connectivity index is 2.48. The molecule has 7 nitrogen and oxygen atoms in total. The topological polar surface area (TPSA) is 114 Å². The molecular weight excluding hydrogens is 286 g/mol. The first-order valence-electron chi connectivity index (χ1n) is 7.17. The van der Waals surface area contributed by atoms with Gasteiger partial charge in [-0.1, -0.05) is 12.1 Å². The molecule has 0 aliphatic heterocycles. The van der Waals surface area contributed by atoms with E-state index in [1.54, 1.807) is 19.2 Å².